The van der Waals surface area contributed by atoms with Gasteiger partial charge in [-0.1, -0.05) is 12.1 Å². The third-order valence-electron chi connectivity index (χ3n) is 4.29. The molecule has 2 aromatic carbocycles. The van der Waals surface area contributed by atoms with E-state index in [0.717, 1.165) is 42.7 Å². The maximum Gasteiger partial charge on any atom is 0.339 e. The summed E-state index contributed by atoms with van der Waals surface area (Å²) in [4.78, 5) is 14.3. The van der Waals surface area contributed by atoms with E-state index < -0.39 is 15.9 Å². The fraction of sp³-hybridized carbons (Fsp3) is 0.381. The summed E-state index contributed by atoms with van der Waals surface area (Å²) in [6, 6.07) is 11.1. The molecule has 1 aliphatic rings. The summed E-state index contributed by atoms with van der Waals surface area (Å²) in [5, 5.41) is 2.97. The van der Waals surface area contributed by atoms with Gasteiger partial charge < -0.3 is 14.4 Å². The SMILES string of the molecule is CC(C)(C)NC(=O)N(Cc1cccc(OS(=O)(=O)c2ccc(F)cc2)c1)C1CC1. The van der Waals surface area contributed by atoms with Crippen molar-refractivity contribution in [3.8, 4) is 5.75 Å². The quantitative estimate of drug-likeness (QED) is 0.715. The summed E-state index contributed by atoms with van der Waals surface area (Å²) in [6.07, 6.45) is 1.90. The molecule has 0 bridgehead atoms. The zero-order valence-corrected chi connectivity index (χ0v) is 17.5. The van der Waals surface area contributed by atoms with Crippen molar-refractivity contribution in [3.05, 3.63) is 59.9 Å². The first-order valence-electron chi connectivity index (χ1n) is 9.41. The van der Waals surface area contributed by atoms with Crippen molar-refractivity contribution in [1.82, 2.24) is 10.2 Å². The molecule has 0 unspecified atom stereocenters. The predicted octanol–water partition coefficient (Wildman–Crippen LogP) is 4.07. The van der Waals surface area contributed by atoms with Gasteiger partial charge >= 0.3 is 16.1 Å². The highest BCUT2D eigenvalue weighted by Gasteiger charge is 2.34. The number of amides is 2. The van der Waals surface area contributed by atoms with Gasteiger partial charge in [0.2, 0.25) is 0 Å². The monoisotopic (exact) mass is 420 g/mol. The van der Waals surface area contributed by atoms with Gasteiger partial charge in [0.1, 0.15) is 16.5 Å². The van der Waals surface area contributed by atoms with Crippen LogP contribution >= 0.6 is 0 Å². The van der Waals surface area contributed by atoms with Crippen LogP contribution in [0.15, 0.2) is 53.4 Å². The van der Waals surface area contributed by atoms with Crippen LogP contribution in [0, 0.1) is 5.82 Å². The van der Waals surface area contributed by atoms with E-state index in [9.17, 15) is 17.6 Å². The van der Waals surface area contributed by atoms with Crippen LogP contribution < -0.4 is 9.50 Å². The van der Waals surface area contributed by atoms with E-state index in [1.54, 1.807) is 17.0 Å². The molecule has 0 radical (unpaired) electrons. The van der Waals surface area contributed by atoms with E-state index in [4.69, 9.17) is 4.18 Å². The maximum absolute atomic E-state index is 13.0. The van der Waals surface area contributed by atoms with Crippen molar-refractivity contribution >= 4 is 16.1 Å². The predicted molar refractivity (Wildman–Crippen MR) is 108 cm³/mol. The number of rotatable bonds is 6. The van der Waals surface area contributed by atoms with Gasteiger partial charge in [0.25, 0.3) is 0 Å². The van der Waals surface area contributed by atoms with Crippen molar-refractivity contribution in [1.29, 1.82) is 0 Å². The molecule has 2 aromatic rings. The first-order chi connectivity index (χ1) is 13.5. The normalized spacial score (nSPS) is 14.3. The molecule has 156 valence electrons. The molecule has 29 heavy (non-hydrogen) atoms. The Labute approximate surface area is 170 Å². The van der Waals surface area contributed by atoms with E-state index in [1.165, 1.54) is 6.07 Å². The van der Waals surface area contributed by atoms with Gasteiger partial charge in [-0.25, -0.2) is 9.18 Å². The van der Waals surface area contributed by atoms with Crippen molar-refractivity contribution in [2.75, 3.05) is 0 Å². The largest absolute Gasteiger partial charge is 0.379 e. The van der Waals surface area contributed by atoms with Crippen molar-refractivity contribution < 1.29 is 21.8 Å². The second-order valence-corrected chi connectivity index (χ2v) is 9.72. The van der Waals surface area contributed by atoms with Crippen LogP contribution in [0.1, 0.15) is 39.2 Å². The number of hydrogen-bond donors (Lipinski definition) is 1. The molecule has 6 nitrogen and oxygen atoms in total. The minimum absolute atomic E-state index is 0.131. The van der Waals surface area contributed by atoms with E-state index in [2.05, 4.69) is 5.32 Å². The lowest BCUT2D eigenvalue weighted by Gasteiger charge is -2.28. The molecule has 2 amide bonds. The second kappa shape index (κ2) is 8.02. The summed E-state index contributed by atoms with van der Waals surface area (Å²) in [5.74, 6) is -0.390. The highest BCUT2D eigenvalue weighted by Crippen LogP contribution is 2.29. The van der Waals surface area contributed by atoms with Gasteiger partial charge in [0, 0.05) is 18.1 Å². The summed E-state index contributed by atoms with van der Waals surface area (Å²) in [7, 11) is -4.08. The first-order valence-corrected chi connectivity index (χ1v) is 10.8. The van der Waals surface area contributed by atoms with Gasteiger partial charge in [-0.3, -0.25) is 0 Å². The van der Waals surface area contributed by atoms with Crippen LogP contribution in [0.3, 0.4) is 0 Å². The third-order valence-corrected chi connectivity index (χ3v) is 5.55. The number of carbonyl (C=O) groups excluding carboxylic acids is 1. The molecular formula is C21H25FN2O4S. The topological polar surface area (TPSA) is 75.7 Å². The van der Waals surface area contributed by atoms with Crippen LogP contribution in [0.5, 0.6) is 5.75 Å². The fourth-order valence-corrected chi connectivity index (χ4v) is 3.74. The molecule has 1 N–H and O–H groups in total. The van der Waals surface area contributed by atoms with Crippen LogP contribution in [0.25, 0.3) is 0 Å². The maximum atomic E-state index is 13.0. The number of nitrogens with zero attached hydrogens (tertiary/aromatic N) is 1. The number of benzene rings is 2. The van der Waals surface area contributed by atoms with E-state index in [-0.39, 0.29) is 28.3 Å². The van der Waals surface area contributed by atoms with Crippen LogP contribution in [-0.2, 0) is 16.7 Å². The standard InChI is InChI=1S/C21H25FN2O4S/c1-21(2,3)23-20(25)24(17-9-10-17)14-15-5-4-6-18(13-15)28-29(26,27)19-11-7-16(22)8-12-19/h4-8,11-13,17H,9-10,14H2,1-3H3,(H,23,25). The molecule has 0 heterocycles. The molecule has 3 rings (SSSR count). The van der Waals surface area contributed by atoms with Gasteiger partial charge in [0.05, 0.1) is 0 Å². The van der Waals surface area contributed by atoms with Crippen LogP contribution in [0.2, 0.25) is 0 Å². The molecular weight excluding hydrogens is 395 g/mol. The highest BCUT2D eigenvalue weighted by molar-refractivity contribution is 7.87. The Morgan fingerprint density at radius 3 is 2.41 bits per heavy atom. The van der Waals surface area contributed by atoms with Crippen molar-refractivity contribution in [3.63, 3.8) is 0 Å². The lowest BCUT2D eigenvalue weighted by molar-refractivity contribution is 0.183. The zero-order valence-electron chi connectivity index (χ0n) is 16.7. The molecule has 0 atom stereocenters. The number of nitrogens with one attached hydrogen (secondary N) is 1. The lowest BCUT2D eigenvalue weighted by Crippen LogP contribution is -2.49. The fourth-order valence-electron chi connectivity index (χ4n) is 2.81. The summed E-state index contributed by atoms with van der Waals surface area (Å²) < 4.78 is 43.1. The number of urea groups is 1. The molecule has 1 aliphatic carbocycles. The van der Waals surface area contributed by atoms with E-state index in [1.807, 2.05) is 26.8 Å². The minimum Gasteiger partial charge on any atom is -0.379 e. The van der Waals surface area contributed by atoms with Crippen molar-refractivity contribution in [2.24, 2.45) is 0 Å². The smallest absolute Gasteiger partial charge is 0.339 e. The lowest BCUT2D eigenvalue weighted by atomic mass is 10.1. The third kappa shape index (κ3) is 5.93. The average molecular weight is 421 g/mol. The minimum atomic E-state index is -4.08. The number of carbonyl (C=O) groups is 1. The molecule has 1 saturated carbocycles. The number of hydrogen-bond acceptors (Lipinski definition) is 4. The molecule has 0 saturated heterocycles. The van der Waals surface area contributed by atoms with Gasteiger partial charge in [-0.15, -0.1) is 0 Å². The van der Waals surface area contributed by atoms with Crippen LogP contribution in [0.4, 0.5) is 9.18 Å². The summed E-state index contributed by atoms with van der Waals surface area (Å²) in [5.41, 5.74) is 0.408. The van der Waals surface area contributed by atoms with Gasteiger partial charge in [-0.05, 0) is 75.6 Å². The Kier molecular flexibility index (Phi) is 5.84. The summed E-state index contributed by atoms with van der Waals surface area (Å²) >= 11 is 0. The second-order valence-electron chi connectivity index (χ2n) is 8.18. The molecule has 0 aromatic heterocycles. The first kappa shape index (κ1) is 21.1. The van der Waals surface area contributed by atoms with Crippen LogP contribution in [-0.4, -0.2) is 30.9 Å². The Balaban J connectivity index is 1.74. The number of halogens is 1. The average Bonchev–Trinajstić information content (AvgIpc) is 3.43. The zero-order chi connectivity index (χ0) is 21.2. The van der Waals surface area contributed by atoms with E-state index in [0.29, 0.717) is 6.54 Å². The molecule has 8 heteroatoms. The van der Waals surface area contributed by atoms with E-state index >= 15 is 0 Å². The Bertz CT molecular complexity index is 980. The molecule has 0 aliphatic heterocycles. The summed E-state index contributed by atoms with van der Waals surface area (Å²) in [6.45, 7) is 6.11. The Morgan fingerprint density at radius 1 is 1.17 bits per heavy atom. The van der Waals surface area contributed by atoms with Gasteiger partial charge in [0.15, 0.2) is 0 Å². The van der Waals surface area contributed by atoms with Gasteiger partial charge in [-0.2, -0.15) is 8.42 Å². The molecule has 1 fully saturated rings. The Morgan fingerprint density at radius 2 is 1.83 bits per heavy atom. The molecule has 0 spiro atoms. The Hall–Kier alpha value is -2.61. The van der Waals surface area contributed by atoms with Crippen molar-refractivity contribution in [2.45, 2.75) is 56.6 Å². The highest BCUT2D eigenvalue weighted by atomic mass is 32.2.